The van der Waals surface area contributed by atoms with Crippen LogP contribution in [0.5, 0.6) is 0 Å². The third-order valence-corrected chi connectivity index (χ3v) is 3.30. The molecule has 0 unspecified atom stereocenters. The molecule has 1 heterocycles. The van der Waals surface area contributed by atoms with Crippen molar-refractivity contribution in [1.29, 1.82) is 0 Å². The first-order chi connectivity index (χ1) is 8.25. The zero-order chi connectivity index (χ0) is 12.1. The molecular weight excluding hydrogens is 232 g/mol. The molecule has 2 rings (SSSR count). The molecule has 3 N–H and O–H groups in total. The summed E-state index contributed by atoms with van der Waals surface area (Å²) in [6.07, 6.45) is 0. The quantitative estimate of drug-likeness (QED) is 0.849. The molecule has 0 saturated heterocycles. The van der Waals surface area contributed by atoms with E-state index in [-0.39, 0.29) is 5.91 Å². The van der Waals surface area contributed by atoms with Crippen molar-refractivity contribution in [3.05, 3.63) is 57.8 Å². The van der Waals surface area contributed by atoms with Gasteiger partial charge in [0.05, 0.1) is 0 Å². The lowest BCUT2D eigenvalue weighted by Crippen LogP contribution is -2.14. The predicted molar refractivity (Wildman–Crippen MR) is 69.8 cm³/mol. The lowest BCUT2D eigenvalue weighted by Gasteiger charge is -2.04. The average molecular weight is 246 g/mol. The number of carbonyl (C=O) groups excluding carboxylic acids is 1. The number of benzene rings is 1. The second kappa shape index (κ2) is 5.61. The normalized spacial score (nSPS) is 10.4. The summed E-state index contributed by atoms with van der Waals surface area (Å²) in [6, 6.07) is 11.5. The standard InChI is InChI=1S/C13H14N2OS/c14-13(16)11-4-1-3-10(7-11)8-15-9-12-5-2-6-17-12/h1-7,15H,8-9H2,(H2,14,16). The van der Waals surface area contributed by atoms with Gasteiger partial charge in [-0.3, -0.25) is 4.79 Å². The molecule has 0 saturated carbocycles. The zero-order valence-corrected chi connectivity index (χ0v) is 10.2. The van der Waals surface area contributed by atoms with Crippen LogP contribution in [0.1, 0.15) is 20.8 Å². The van der Waals surface area contributed by atoms with E-state index >= 15 is 0 Å². The van der Waals surface area contributed by atoms with Gasteiger partial charge in [0.15, 0.2) is 0 Å². The van der Waals surface area contributed by atoms with Crippen molar-refractivity contribution >= 4 is 17.2 Å². The average Bonchev–Trinajstić information content (AvgIpc) is 2.82. The van der Waals surface area contributed by atoms with Crippen molar-refractivity contribution < 1.29 is 4.79 Å². The fourth-order valence-electron chi connectivity index (χ4n) is 1.58. The molecule has 1 amide bonds. The monoisotopic (exact) mass is 246 g/mol. The molecule has 0 radical (unpaired) electrons. The topological polar surface area (TPSA) is 55.1 Å². The highest BCUT2D eigenvalue weighted by Gasteiger charge is 2.01. The summed E-state index contributed by atoms with van der Waals surface area (Å²) in [5, 5.41) is 5.39. The van der Waals surface area contributed by atoms with Crippen molar-refractivity contribution in [1.82, 2.24) is 5.32 Å². The van der Waals surface area contributed by atoms with Gasteiger partial charge in [-0.1, -0.05) is 18.2 Å². The molecule has 17 heavy (non-hydrogen) atoms. The highest BCUT2D eigenvalue weighted by atomic mass is 32.1. The number of carbonyl (C=O) groups is 1. The first-order valence-corrected chi connectivity index (χ1v) is 6.25. The van der Waals surface area contributed by atoms with E-state index in [1.807, 2.05) is 24.3 Å². The van der Waals surface area contributed by atoms with E-state index in [2.05, 4.69) is 16.8 Å². The summed E-state index contributed by atoms with van der Waals surface area (Å²) in [6.45, 7) is 1.58. The van der Waals surface area contributed by atoms with E-state index in [0.29, 0.717) is 5.56 Å². The molecule has 0 aliphatic carbocycles. The van der Waals surface area contributed by atoms with Gasteiger partial charge in [0.25, 0.3) is 0 Å². The Labute approximate surface area is 104 Å². The number of nitrogens with two attached hydrogens (primary N) is 1. The summed E-state index contributed by atoms with van der Waals surface area (Å²) < 4.78 is 0. The Kier molecular flexibility index (Phi) is 3.90. The summed E-state index contributed by atoms with van der Waals surface area (Å²) >= 11 is 1.73. The number of hydrogen-bond donors (Lipinski definition) is 2. The van der Waals surface area contributed by atoms with Crippen LogP contribution in [0.3, 0.4) is 0 Å². The van der Waals surface area contributed by atoms with Crippen LogP contribution in [0.2, 0.25) is 0 Å². The Bertz CT molecular complexity index is 494. The van der Waals surface area contributed by atoms with Crippen molar-refractivity contribution in [2.45, 2.75) is 13.1 Å². The number of nitrogens with one attached hydrogen (secondary N) is 1. The Morgan fingerprint density at radius 3 is 2.82 bits per heavy atom. The molecule has 0 aliphatic rings. The molecule has 3 nitrogen and oxygen atoms in total. The van der Waals surface area contributed by atoms with Crippen LogP contribution in [0.25, 0.3) is 0 Å². The van der Waals surface area contributed by atoms with E-state index in [1.165, 1.54) is 4.88 Å². The fraction of sp³-hybridized carbons (Fsp3) is 0.154. The van der Waals surface area contributed by atoms with Crippen LogP contribution in [0, 0.1) is 0 Å². The van der Waals surface area contributed by atoms with Gasteiger partial charge in [0, 0.05) is 23.5 Å². The Morgan fingerprint density at radius 1 is 1.24 bits per heavy atom. The van der Waals surface area contributed by atoms with Crippen molar-refractivity contribution in [3.63, 3.8) is 0 Å². The first-order valence-electron chi connectivity index (χ1n) is 5.37. The molecule has 1 aromatic heterocycles. The lowest BCUT2D eigenvalue weighted by molar-refractivity contribution is 0.1000. The molecule has 0 atom stereocenters. The number of primary amides is 1. The van der Waals surface area contributed by atoms with Crippen molar-refractivity contribution in [3.8, 4) is 0 Å². The highest BCUT2D eigenvalue weighted by Crippen LogP contribution is 2.09. The zero-order valence-electron chi connectivity index (χ0n) is 9.35. The molecular formula is C13H14N2OS. The maximum Gasteiger partial charge on any atom is 0.248 e. The predicted octanol–water partition coefficient (Wildman–Crippen LogP) is 2.14. The number of amides is 1. The first kappa shape index (κ1) is 11.8. The molecule has 4 heteroatoms. The van der Waals surface area contributed by atoms with Crippen LogP contribution in [-0.4, -0.2) is 5.91 Å². The van der Waals surface area contributed by atoms with Crippen LogP contribution < -0.4 is 11.1 Å². The van der Waals surface area contributed by atoms with E-state index in [0.717, 1.165) is 18.7 Å². The summed E-state index contributed by atoms with van der Waals surface area (Å²) in [4.78, 5) is 12.3. The highest BCUT2D eigenvalue weighted by molar-refractivity contribution is 7.09. The van der Waals surface area contributed by atoms with Gasteiger partial charge in [0.1, 0.15) is 0 Å². The largest absolute Gasteiger partial charge is 0.366 e. The van der Waals surface area contributed by atoms with Crippen LogP contribution in [0.15, 0.2) is 41.8 Å². The van der Waals surface area contributed by atoms with E-state index in [9.17, 15) is 4.79 Å². The van der Waals surface area contributed by atoms with Gasteiger partial charge in [-0.05, 0) is 29.1 Å². The summed E-state index contributed by atoms with van der Waals surface area (Å²) in [7, 11) is 0. The number of rotatable bonds is 5. The van der Waals surface area contributed by atoms with Crippen molar-refractivity contribution in [2.75, 3.05) is 0 Å². The second-order valence-electron chi connectivity index (χ2n) is 3.75. The Hall–Kier alpha value is -1.65. The van der Waals surface area contributed by atoms with E-state index in [4.69, 9.17) is 5.73 Å². The van der Waals surface area contributed by atoms with Crippen molar-refractivity contribution in [2.24, 2.45) is 5.73 Å². The minimum absolute atomic E-state index is 0.384. The number of thiophene rings is 1. The van der Waals surface area contributed by atoms with E-state index < -0.39 is 0 Å². The maximum atomic E-state index is 11.0. The molecule has 0 fully saturated rings. The third-order valence-electron chi connectivity index (χ3n) is 2.42. The van der Waals surface area contributed by atoms with Gasteiger partial charge in [-0.15, -0.1) is 11.3 Å². The van der Waals surface area contributed by atoms with Gasteiger partial charge >= 0.3 is 0 Å². The SMILES string of the molecule is NC(=O)c1cccc(CNCc2cccs2)c1. The van der Waals surface area contributed by atoms with Crippen LogP contribution >= 0.6 is 11.3 Å². The second-order valence-corrected chi connectivity index (χ2v) is 4.78. The molecule has 0 bridgehead atoms. The molecule has 2 aromatic rings. The minimum atomic E-state index is -0.384. The smallest absolute Gasteiger partial charge is 0.248 e. The maximum absolute atomic E-state index is 11.0. The fourth-order valence-corrected chi connectivity index (χ4v) is 2.25. The number of hydrogen-bond acceptors (Lipinski definition) is 3. The van der Waals surface area contributed by atoms with Gasteiger partial charge in [-0.25, -0.2) is 0 Å². The third kappa shape index (κ3) is 3.41. The van der Waals surface area contributed by atoms with E-state index in [1.54, 1.807) is 17.4 Å². The summed E-state index contributed by atoms with van der Waals surface area (Å²) in [5.41, 5.74) is 6.85. The van der Waals surface area contributed by atoms with Gasteiger partial charge in [0.2, 0.25) is 5.91 Å². The molecule has 0 spiro atoms. The van der Waals surface area contributed by atoms with Crippen LogP contribution in [0.4, 0.5) is 0 Å². The van der Waals surface area contributed by atoms with Crippen LogP contribution in [-0.2, 0) is 13.1 Å². The minimum Gasteiger partial charge on any atom is -0.366 e. The van der Waals surface area contributed by atoms with Gasteiger partial charge < -0.3 is 11.1 Å². The van der Waals surface area contributed by atoms with Gasteiger partial charge in [-0.2, -0.15) is 0 Å². The lowest BCUT2D eigenvalue weighted by atomic mass is 10.1. The molecule has 0 aliphatic heterocycles. The Morgan fingerprint density at radius 2 is 2.12 bits per heavy atom. The summed E-state index contributed by atoms with van der Waals surface area (Å²) in [5.74, 6) is -0.384. The molecule has 1 aromatic carbocycles. The molecule has 88 valence electrons. The Balaban J connectivity index is 1.90.